The minimum atomic E-state index is -0.974. The summed E-state index contributed by atoms with van der Waals surface area (Å²) in [4.78, 5) is 52.2. The molecule has 0 spiro atoms. The van der Waals surface area contributed by atoms with Crippen molar-refractivity contribution in [2.45, 2.75) is 44.8 Å². The summed E-state index contributed by atoms with van der Waals surface area (Å²) in [6.45, 7) is 2.25. The van der Waals surface area contributed by atoms with Crippen molar-refractivity contribution < 1.29 is 33.4 Å². The van der Waals surface area contributed by atoms with Gasteiger partial charge in [0.15, 0.2) is 5.78 Å². The number of ketones is 1. The lowest BCUT2D eigenvalue weighted by Crippen LogP contribution is -2.46. The Kier molecular flexibility index (Phi) is 8.41. The highest BCUT2D eigenvalue weighted by Gasteiger charge is 2.38. The van der Waals surface area contributed by atoms with Crippen molar-refractivity contribution in [3.8, 4) is 0 Å². The van der Waals surface area contributed by atoms with Gasteiger partial charge in [-0.25, -0.2) is 9.36 Å². The predicted molar refractivity (Wildman–Crippen MR) is 123 cm³/mol. The van der Waals surface area contributed by atoms with Gasteiger partial charge in [-0.05, 0) is 24.5 Å². The standard InChI is InChI=1S/C24H31N3O7/c1-15(28)26-11-6-9-19(26)23(30)21(34-12-10-25)14-20-17(13-22(29)32-2)16-7-4-5-8-18(16)27(20)24(31)33-3/h4-5,7-8,19,21H,6,9-14,25H2,1-3H3. The summed E-state index contributed by atoms with van der Waals surface area (Å²) >= 11 is 0. The fourth-order valence-electron chi connectivity index (χ4n) is 4.57. The maximum absolute atomic E-state index is 13.5. The Morgan fingerprint density at radius 3 is 2.53 bits per heavy atom. The summed E-state index contributed by atoms with van der Waals surface area (Å²) in [6.07, 6.45) is -0.476. The third-order valence-electron chi connectivity index (χ3n) is 6.11. The lowest BCUT2D eigenvalue weighted by molar-refractivity contribution is -0.141. The Morgan fingerprint density at radius 1 is 1.15 bits per heavy atom. The van der Waals surface area contributed by atoms with Gasteiger partial charge in [0.2, 0.25) is 5.91 Å². The van der Waals surface area contributed by atoms with Crippen LogP contribution in [0.15, 0.2) is 24.3 Å². The first-order valence-electron chi connectivity index (χ1n) is 11.2. The van der Waals surface area contributed by atoms with Crippen molar-refractivity contribution in [1.29, 1.82) is 0 Å². The molecule has 1 amide bonds. The maximum Gasteiger partial charge on any atom is 0.418 e. The Labute approximate surface area is 197 Å². The number of nitrogens with zero attached hydrogens (tertiary/aromatic N) is 2. The number of carbonyl (C=O) groups excluding carboxylic acids is 4. The number of rotatable bonds is 9. The van der Waals surface area contributed by atoms with Crippen LogP contribution in [0, 0.1) is 0 Å². The highest BCUT2D eigenvalue weighted by molar-refractivity contribution is 5.97. The van der Waals surface area contributed by atoms with Crippen molar-refractivity contribution in [1.82, 2.24) is 9.47 Å². The van der Waals surface area contributed by atoms with Gasteiger partial charge in [-0.2, -0.15) is 0 Å². The Hall–Kier alpha value is -3.24. The van der Waals surface area contributed by atoms with Gasteiger partial charge in [0.1, 0.15) is 6.10 Å². The van der Waals surface area contributed by atoms with Crippen LogP contribution in [0.5, 0.6) is 0 Å². The zero-order valence-corrected chi connectivity index (χ0v) is 19.7. The van der Waals surface area contributed by atoms with Crippen LogP contribution in [0.2, 0.25) is 0 Å². The van der Waals surface area contributed by atoms with Gasteiger partial charge in [-0.1, -0.05) is 18.2 Å². The van der Waals surface area contributed by atoms with E-state index in [2.05, 4.69) is 0 Å². The normalized spacial score (nSPS) is 16.5. The first-order valence-corrected chi connectivity index (χ1v) is 11.2. The van der Waals surface area contributed by atoms with Gasteiger partial charge >= 0.3 is 12.1 Å². The molecule has 3 rings (SSSR count). The van der Waals surface area contributed by atoms with E-state index in [1.54, 1.807) is 29.2 Å². The van der Waals surface area contributed by atoms with E-state index in [4.69, 9.17) is 19.9 Å². The van der Waals surface area contributed by atoms with Crippen molar-refractivity contribution in [2.24, 2.45) is 5.73 Å². The first kappa shape index (κ1) is 25.4. The minimum absolute atomic E-state index is 0.00279. The fourth-order valence-corrected chi connectivity index (χ4v) is 4.57. The number of carbonyl (C=O) groups is 4. The number of para-hydroxylation sites is 1. The maximum atomic E-state index is 13.5. The molecule has 2 unspecified atom stereocenters. The average Bonchev–Trinajstić information content (AvgIpc) is 3.44. The molecule has 2 N–H and O–H groups in total. The number of fused-ring (bicyclic) bond motifs is 1. The molecule has 1 aliphatic heterocycles. The molecule has 1 saturated heterocycles. The summed E-state index contributed by atoms with van der Waals surface area (Å²) < 4.78 is 17.1. The van der Waals surface area contributed by atoms with Crippen LogP contribution in [-0.2, 0) is 41.4 Å². The van der Waals surface area contributed by atoms with Crippen LogP contribution >= 0.6 is 0 Å². The highest BCUT2D eigenvalue weighted by atomic mass is 16.5. The van der Waals surface area contributed by atoms with Crippen LogP contribution < -0.4 is 5.73 Å². The van der Waals surface area contributed by atoms with Gasteiger partial charge < -0.3 is 24.8 Å². The zero-order chi connectivity index (χ0) is 24.8. The van der Waals surface area contributed by atoms with Crippen molar-refractivity contribution in [2.75, 3.05) is 33.9 Å². The Morgan fingerprint density at radius 2 is 1.88 bits per heavy atom. The third-order valence-corrected chi connectivity index (χ3v) is 6.11. The van der Waals surface area contributed by atoms with Crippen LogP contribution in [0.1, 0.15) is 31.0 Å². The van der Waals surface area contributed by atoms with E-state index in [1.807, 2.05) is 0 Å². The number of hydrogen-bond donors (Lipinski definition) is 1. The number of ether oxygens (including phenoxy) is 3. The molecular formula is C24H31N3O7. The number of Topliss-reactive ketones (excluding diaryl/α,β-unsaturated/α-hetero) is 1. The van der Waals surface area contributed by atoms with Gasteiger partial charge in [-0.15, -0.1) is 0 Å². The van der Waals surface area contributed by atoms with E-state index in [9.17, 15) is 19.2 Å². The average molecular weight is 474 g/mol. The summed E-state index contributed by atoms with van der Waals surface area (Å²) in [5.74, 6) is -0.923. The van der Waals surface area contributed by atoms with Crippen LogP contribution in [-0.4, -0.2) is 79.3 Å². The van der Waals surface area contributed by atoms with E-state index in [0.29, 0.717) is 35.1 Å². The zero-order valence-electron chi connectivity index (χ0n) is 19.7. The fraction of sp³-hybridized carbons (Fsp3) is 0.500. The quantitative estimate of drug-likeness (QED) is 0.542. The second-order valence-electron chi connectivity index (χ2n) is 8.13. The summed E-state index contributed by atoms with van der Waals surface area (Å²) in [5, 5.41) is 0.671. The lowest BCUT2D eigenvalue weighted by atomic mass is 9.98. The molecule has 34 heavy (non-hydrogen) atoms. The number of aromatic nitrogens is 1. The van der Waals surface area contributed by atoms with Gasteiger partial charge in [0.25, 0.3) is 0 Å². The number of methoxy groups -OCH3 is 2. The molecule has 0 saturated carbocycles. The molecule has 0 radical (unpaired) electrons. The Balaban J connectivity index is 2.10. The van der Waals surface area contributed by atoms with Crippen molar-refractivity contribution >= 4 is 34.7 Å². The molecule has 0 bridgehead atoms. The van der Waals surface area contributed by atoms with Crippen LogP contribution in [0.25, 0.3) is 10.9 Å². The summed E-state index contributed by atoms with van der Waals surface area (Å²) in [7, 11) is 2.55. The van der Waals surface area contributed by atoms with Gasteiger partial charge in [0.05, 0.1) is 38.8 Å². The second kappa shape index (κ2) is 11.3. The molecule has 0 aliphatic carbocycles. The molecule has 1 aromatic heterocycles. The van der Waals surface area contributed by atoms with Crippen molar-refractivity contribution in [3.05, 3.63) is 35.5 Å². The number of benzene rings is 1. The molecule has 2 heterocycles. The molecular weight excluding hydrogens is 442 g/mol. The molecule has 2 atom stereocenters. The molecule has 1 aromatic carbocycles. The first-order chi connectivity index (χ1) is 16.3. The number of hydrogen-bond acceptors (Lipinski definition) is 8. The Bertz CT molecular complexity index is 1080. The molecule has 10 heteroatoms. The van der Waals surface area contributed by atoms with E-state index < -0.39 is 24.2 Å². The number of likely N-dealkylation sites (tertiary alicyclic amines) is 1. The number of esters is 1. The second-order valence-corrected chi connectivity index (χ2v) is 8.13. The summed E-state index contributed by atoms with van der Waals surface area (Å²) in [5.41, 5.74) is 7.14. The molecule has 2 aromatic rings. The molecule has 1 aliphatic rings. The van der Waals surface area contributed by atoms with Crippen molar-refractivity contribution in [3.63, 3.8) is 0 Å². The number of amides is 1. The third kappa shape index (κ3) is 5.13. The molecule has 1 fully saturated rings. The summed E-state index contributed by atoms with van der Waals surface area (Å²) in [6, 6.07) is 6.49. The SMILES string of the molecule is COC(=O)Cc1c(CC(OCCN)C(=O)C2CCCN2C(C)=O)n(C(=O)OC)c2ccccc12. The topological polar surface area (TPSA) is 130 Å². The largest absolute Gasteiger partial charge is 0.469 e. The van der Waals surface area contributed by atoms with Gasteiger partial charge in [-0.3, -0.25) is 14.4 Å². The van der Waals surface area contributed by atoms with Crippen LogP contribution in [0.4, 0.5) is 4.79 Å². The lowest BCUT2D eigenvalue weighted by Gasteiger charge is -2.27. The highest BCUT2D eigenvalue weighted by Crippen LogP contribution is 2.30. The monoisotopic (exact) mass is 473 g/mol. The van der Waals surface area contributed by atoms with E-state index >= 15 is 0 Å². The van der Waals surface area contributed by atoms with E-state index in [0.717, 1.165) is 6.42 Å². The molecule has 184 valence electrons. The van der Waals surface area contributed by atoms with E-state index in [-0.39, 0.29) is 37.7 Å². The minimum Gasteiger partial charge on any atom is -0.469 e. The van der Waals surface area contributed by atoms with Crippen LogP contribution in [0.3, 0.4) is 0 Å². The molecule has 10 nitrogen and oxygen atoms in total. The smallest absolute Gasteiger partial charge is 0.418 e. The van der Waals surface area contributed by atoms with Gasteiger partial charge in [0, 0.05) is 37.5 Å². The van der Waals surface area contributed by atoms with E-state index in [1.165, 1.54) is 25.7 Å². The predicted octanol–water partition coefficient (Wildman–Crippen LogP) is 1.44. The number of nitrogens with two attached hydrogens (primary N) is 1.